The van der Waals surface area contributed by atoms with Crippen molar-refractivity contribution in [3.8, 4) is 0 Å². The number of nitrogens with zero attached hydrogens (tertiary/aromatic N) is 1. The monoisotopic (exact) mass is 216 g/mol. The van der Waals surface area contributed by atoms with Crippen molar-refractivity contribution in [3.63, 3.8) is 0 Å². The van der Waals surface area contributed by atoms with Crippen LogP contribution in [0.3, 0.4) is 0 Å². The van der Waals surface area contributed by atoms with E-state index >= 15 is 0 Å². The number of ether oxygens (including phenoxy) is 1. The van der Waals surface area contributed by atoms with Crippen LogP contribution in [0.2, 0.25) is 0 Å². The molecule has 3 nitrogen and oxygen atoms in total. The molecular formula is C12H28N2O. The fourth-order valence-corrected chi connectivity index (χ4v) is 1.58. The minimum Gasteiger partial charge on any atom is -0.383 e. The molecule has 92 valence electrons. The maximum atomic E-state index is 5.08. The highest BCUT2D eigenvalue weighted by molar-refractivity contribution is 4.59. The van der Waals surface area contributed by atoms with E-state index in [2.05, 4.69) is 24.1 Å². The van der Waals surface area contributed by atoms with E-state index in [4.69, 9.17) is 4.74 Å². The molecule has 0 saturated carbocycles. The Morgan fingerprint density at radius 3 is 2.53 bits per heavy atom. The van der Waals surface area contributed by atoms with Crippen LogP contribution in [-0.2, 0) is 4.74 Å². The average molecular weight is 216 g/mol. The van der Waals surface area contributed by atoms with Crippen molar-refractivity contribution in [1.29, 1.82) is 0 Å². The molecule has 0 bridgehead atoms. The molecule has 1 N–H and O–H groups in total. The van der Waals surface area contributed by atoms with Gasteiger partial charge < -0.3 is 15.0 Å². The molecule has 0 rings (SSSR count). The smallest absolute Gasteiger partial charge is 0.0589 e. The molecule has 0 aromatic rings. The summed E-state index contributed by atoms with van der Waals surface area (Å²) in [5.74, 6) is 0. The van der Waals surface area contributed by atoms with Gasteiger partial charge in [0.2, 0.25) is 0 Å². The zero-order chi connectivity index (χ0) is 11.5. The van der Waals surface area contributed by atoms with E-state index in [-0.39, 0.29) is 0 Å². The van der Waals surface area contributed by atoms with Crippen LogP contribution in [0.25, 0.3) is 0 Å². The van der Waals surface area contributed by atoms with Crippen LogP contribution >= 0.6 is 0 Å². The van der Waals surface area contributed by atoms with Crippen LogP contribution in [0.5, 0.6) is 0 Å². The summed E-state index contributed by atoms with van der Waals surface area (Å²) in [4.78, 5) is 2.45. The van der Waals surface area contributed by atoms with Crippen molar-refractivity contribution in [3.05, 3.63) is 0 Å². The summed E-state index contributed by atoms with van der Waals surface area (Å²) >= 11 is 0. The predicted molar refractivity (Wildman–Crippen MR) is 66.4 cm³/mol. The number of nitrogens with one attached hydrogen (secondary N) is 1. The summed E-state index contributed by atoms with van der Waals surface area (Å²) in [6, 6.07) is 0.652. The highest BCUT2D eigenvalue weighted by atomic mass is 16.5. The lowest BCUT2D eigenvalue weighted by Gasteiger charge is -2.20. The first-order valence-corrected chi connectivity index (χ1v) is 6.13. The lowest BCUT2D eigenvalue weighted by molar-refractivity contribution is 0.149. The minimum atomic E-state index is 0.652. The number of likely N-dealkylation sites (N-methyl/N-ethyl adjacent to an activating group) is 1. The van der Waals surface area contributed by atoms with Gasteiger partial charge >= 0.3 is 0 Å². The quantitative estimate of drug-likeness (QED) is 0.563. The summed E-state index contributed by atoms with van der Waals surface area (Å²) < 4.78 is 5.08. The summed E-state index contributed by atoms with van der Waals surface area (Å²) in [5, 5.41) is 3.27. The Bertz CT molecular complexity index is 131. The number of hydrogen-bond donors (Lipinski definition) is 1. The molecule has 0 aliphatic heterocycles. The summed E-state index contributed by atoms with van der Waals surface area (Å²) in [6.45, 7) is 8.70. The highest BCUT2D eigenvalue weighted by Crippen LogP contribution is 2.02. The van der Waals surface area contributed by atoms with Crippen molar-refractivity contribution in [2.24, 2.45) is 0 Å². The van der Waals surface area contributed by atoms with Crippen LogP contribution in [0, 0.1) is 0 Å². The molecule has 0 aliphatic rings. The Labute approximate surface area is 95.2 Å². The Morgan fingerprint density at radius 1 is 1.27 bits per heavy atom. The van der Waals surface area contributed by atoms with Gasteiger partial charge in [0.25, 0.3) is 0 Å². The summed E-state index contributed by atoms with van der Waals surface area (Å²) in [6.07, 6.45) is 3.88. The van der Waals surface area contributed by atoms with Crippen LogP contribution in [0.1, 0.15) is 33.1 Å². The molecule has 3 heteroatoms. The van der Waals surface area contributed by atoms with Gasteiger partial charge in [-0.15, -0.1) is 0 Å². The van der Waals surface area contributed by atoms with E-state index in [0.717, 1.165) is 19.7 Å². The second-order valence-corrected chi connectivity index (χ2v) is 4.11. The van der Waals surface area contributed by atoms with Gasteiger partial charge in [0.15, 0.2) is 0 Å². The first-order chi connectivity index (χ1) is 7.24. The van der Waals surface area contributed by atoms with Crippen molar-refractivity contribution >= 4 is 0 Å². The van der Waals surface area contributed by atoms with Gasteiger partial charge in [-0.2, -0.15) is 0 Å². The zero-order valence-electron chi connectivity index (χ0n) is 10.9. The van der Waals surface area contributed by atoms with Crippen molar-refractivity contribution < 1.29 is 4.74 Å². The molecular weight excluding hydrogens is 188 g/mol. The SMILES string of the molecule is CCN(CCCCC(C)NC)CCOC. The maximum absolute atomic E-state index is 5.08. The first-order valence-electron chi connectivity index (χ1n) is 6.13. The van der Waals surface area contributed by atoms with Gasteiger partial charge in [-0.05, 0) is 39.9 Å². The van der Waals surface area contributed by atoms with Crippen LogP contribution < -0.4 is 5.32 Å². The van der Waals surface area contributed by atoms with E-state index in [1.54, 1.807) is 7.11 Å². The normalized spacial score (nSPS) is 13.4. The third-order valence-corrected chi connectivity index (χ3v) is 2.91. The topological polar surface area (TPSA) is 24.5 Å². The standard InChI is InChI=1S/C12H28N2O/c1-5-14(10-11-15-4)9-7-6-8-12(2)13-3/h12-13H,5-11H2,1-4H3. The van der Waals surface area contributed by atoms with E-state index in [9.17, 15) is 0 Å². The lowest BCUT2D eigenvalue weighted by Crippen LogP contribution is -2.28. The lowest BCUT2D eigenvalue weighted by atomic mass is 10.1. The molecule has 15 heavy (non-hydrogen) atoms. The molecule has 0 fully saturated rings. The average Bonchev–Trinajstić information content (AvgIpc) is 2.27. The maximum Gasteiger partial charge on any atom is 0.0589 e. The van der Waals surface area contributed by atoms with Gasteiger partial charge in [0, 0.05) is 19.7 Å². The molecule has 0 aromatic heterocycles. The predicted octanol–water partition coefficient (Wildman–Crippen LogP) is 1.73. The summed E-state index contributed by atoms with van der Waals surface area (Å²) in [7, 11) is 3.80. The van der Waals surface area contributed by atoms with Gasteiger partial charge in [-0.25, -0.2) is 0 Å². The summed E-state index contributed by atoms with van der Waals surface area (Å²) in [5.41, 5.74) is 0. The molecule has 1 atom stereocenters. The highest BCUT2D eigenvalue weighted by Gasteiger charge is 2.02. The Balaban J connectivity index is 3.37. The fourth-order valence-electron chi connectivity index (χ4n) is 1.58. The number of hydrogen-bond acceptors (Lipinski definition) is 3. The van der Waals surface area contributed by atoms with Crippen LogP contribution in [0.4, 0.5) is 0 Å². The van der Waals surface area contributed by atoms with Crippen LogP contribution in [0.15, 0.2) is 0 Å². The van der Waals surface area contributed by atoms with Crippen molar-refractivity contribution in [2.45, 2.75) is 39.2 Å². The third-order valence-electron chi connectivity index (χ3n) is 2.91. The van der Waals surface area contributed by atoms with Crippen LogP contribution in [-0.4, -0.2) is 51.3 Å². The molecule has 0 spiro atoms. The Morgan fingerprint density at radius 2 is 2.00 bits per heavy atom. The molecule has 0 aliphatic carbocycles. The van der Waals surface area contributed by atoms with E-state index < -0.39 is 0 Å². The Hall–Kier alpha value is -0.120. The molecule has 0 amide bonds. The van der Waals surface area contributed by atoms with Gasteiger partial charge in [0.05, 0.1) is 6.61 Å². The van der Waals surface area contributed by atoms with Crippen molar-refractivity contribution in [2.75, 3.05) is 40.4 Å². The van der Waals surface area contributed by atoms with Gasteiger partial charge in [0.1, 0.15) is 0 Å². The minimum absolute atomic E-state index is 0.652. The second-order valence-electron chi connectivity index (χ2n) is 4.11. The number of methoxy groups -OCH3 is 1. The van der Waals surface area contributed by atoms with Crippen molar-refractivity contribution in [1.82, 2.24) is 10.2 Å². The molecule has 1 unspecified atom stereocenters. The zero-order valence-corrected chi connectivity index (χ0v) is 10.9. The van der Waals surface area contributed by atoms with E-state index in [1.807, 2.05) is 7.05 Å². The number of rotatable bonds is 10. The molecule has 0 aromatic carbocycles. The molecule has 0 radical (unpaired) electrons. The largest absolute Gasteiger partial charge is 0.383 e. The number of unbranched alkanes of at least 4 members (excludes halogenated alkanes) is 1. The first kappa shape index (κ1) is 14.9. The fraction of sp³-hybridized carbons (Fsp3) is 1.00. The van der Waals surface area contributed by atoms with E-state index in [1.165, 1.54) is 25.8 Å². The second kappa shape index (κ2) is 10.4. The van der Waals surface area contributed by atoms with Gasteiger partial charge in [-0.1, -0.05) is 13.3 Å². The van der Waals surface area contributed by atoms with Gasteiger partial charge in [-0.3, -0.25) is 0 Å². The third kappa shape index (κ3) is 8.85. The molecule has 0 saturated heterocycles. The Kier molecular flexibility index (Phi) is 10.3. The molecule has 0 heterocycles. The van der Waals surface area contributed by atoms with E-state index in [0.29, 0.717) is 6.04 Å².